The predicted octanol–water partition coefficient (Wildman–Crippen LogP) is 3.17. The van der Waals surface area contributed by atoms with Crippen molar-refractivity contribution in [2.45, 2.75) is 25.7 Å². The molecule has 1 amide bonds. The third kappa shape index (κ3) is 3.47. The van der Waals surface area contributed by atoms with Crippen molar-refractivity contribution in [3.63, 3.8) is 0 Å². The number of carboxylic acids is 1. The number of carboxylic acid groups (broad SMARTS) is 1. The molecule has 2 atom stereocenters. The van der Waals surface area contributed by atoms with Gasteiger partial charge in [0.05, 0.1) is 11.8 Å². The van der Waals surface area contributed by atoms with Crippen LogP contribution in [0.4, 0.5) is 5.69 Å². The van der Waals surface area contributed by atoms with Gasteiger partial charge in [0.25, 0.3) is 0 Å². The molecule has 1 aliphatic carbocycles. The zero-order valence-corrected chi connectivity index (χ0v) is 11.2. The molecule has 1 saturated carbocycles. The van der Waals surface area contributed by atoms with E-state index in [1.165, 1.54) is 0 Å². The fraction of sp³-hybridized carbons (Fsp3) is 0.429. The van der Waals surface area contributed by atoms with Crippen LogP contribution in [-0.4, -0.2) is 17.0 Å². The van der Waals surface area contributed by atoms with Crippen LogP contribution < -0.4 is 5.32 Å². The zero-order chi connectivity index (χ0) is 13.8. The van der Waals surface area contributed by atoms with E-state index in [1.807, 2.05) is 0 Å². The summed E-state index contributed by atoms with van der Waals surface area (Å²) in [6.07, 6.45) is 2.99. The molecule has 0 aromatic heterocycles. The molecule has 2 rings (SSSR count). The summed E-state index contributed by atoms with van der Waals surface area (Å²) in [4.78, 5) is 23.3. The van der Waals surface area contributed by atoms with E-state index < -0.39 is 17.8 Å². The van der Waals surface area contributed by atoms with Gasteiger partial charge in [-0.3, -0.25) is 9.59 Å². The van der Waals surface area contributed by atoms with Crippen molar-refractivity contribution in [3.05, 3.63) is 29.3 Å². The Balaban J connectivity index is 2.05. The van der Waals surface area contributed by atoms with Gasteiger partial charge in [0.2, 0.25) is 5.91 Å². The largest absolute Gasteiger partial charge is 0.481 e. The summed E-state index contributed by atoms with van der Waals surface area (Å²) in [6, 6.07) is 6.79. The fourth-order valence-electron chi connectivity index (χ4n) is 2.51. The lowest BCUT2D eigenvalue weighted by Crippen LogP contribution is -2.36. The SMILES string of the molecule is O=C(O)[C@H]1CCCC[C@H]1C(=O)Nc1ccc(Cl)cc1. The third-order valence-corrected chi connectivity index (χ3v) is 3.78. The van der Waals surface area contributed by atoms with Crippen LogP contribution in [0.25, 0.3) is 0 Å². The van der Waals surface area contributed by atoms with Crippen LogP contribution >= 0.6 is 11.6 Å². The van der Waals surface area contributed by atoms with Crippen molar-refractivity contribution in [3.8, 4) is 0 Å². The van der Waals surface area contributed by atoms with Crippen LogP contribution in [0.3, 0.4) is 0 Å². The molecule has 1 aromatic rings. The van der Waals surface area contributed by atoms with Gasteiger partial charge in [-0.25, -0.2) is 0 Å². The molecule has 5 heteroatoms. The minimum atomic E-state index is -0.879. The van der Waals surface area contributed by atoms with Gasteiger partial charge in [-0.1, -0.05) is 24.4 Å². The molecular weight excluding hydrogens is 266 g/mol. The molecule has 19 heavy (non-hydrogen) atoms. The van der Waals surface area contributed by atoms with E-state index in [-0.39, 0.29) is 5.91 Å². The Morgan fingerprint density at radius 2 is 1.68 bits per heavy atom. The predicted molar refractivity (Wildman–Crippen MR) is 73.2 cm³/mol. The molecule has 1 aromatic carbocycles. The van der Waals surface area contributed by atoms with E-state index in [4.69, 9.17) is 16.7 Å². The lowest BCUT2D eigenvalue weighted by atomic mass is 9.78. The highest BCUT2D eigenvalue weighted by atomic mass is 35.5. The van der Waals surface area contributed by atoms with E-state index in [1.54, 1.807) is 24.3 Å². The Bertz CT molecular complexity index is 472. The minimum Gasteiger partial charge on any atom is -0.481 e. The smallest absolute Gasteiger partial charge is 0.307 e. The van der Waals surface area contributed by atoms with Gasteiger partial charge in [-0.05, 0) is 37.1 Å². The first-order valence-electron chi connectivity index (χ1n) is 6.37. The Hall–Kier alpha value is -1.55. The first-order chi connectivity index (χ1) is 9.08. The molecule has 0 saturated heterocycles. The maximum atomic E-state index is 12.2. The Morgan fingerprint density at radius 1 is 1.11 bits per heavy atom. The Kier molecular flexibility index (Phi) is 4.43. The number of benzene rings is 1. The molecule has 2 N–H and O–H groups in total. The maximum Gasteiger partial charge on any atom is 0.307 e. The second-order valence-corrected chi connectivity index (χ2v) is 5.27. The van der Waals surface area contributed by atoms with Crippen LogP contribution in [0.5, 0.6) is 0 Å². The molecule has 0 spiro atoms. The van der Waals surface area contributed by atoms with Gasteiger partial charge >= 0.3 is 5.97 Å². The van der Waals surface area contributed by atoms with Gasteiger partial charge in [0.15, 0.2) is 0 Å². The Morgan fingerprint density at radius 3 is 2.26 bits per heavy atom. The summed E-state index contributed by atoms with van der Waals surface area (Å²) < 4.78 is 0. The molecule has 1 fully saturated rings. The average molecular weight is 282 g/mol. The van der Waals surface area contributed by atoms with Crippen LogP contribution in [0, 0.1) is 11.8 Å². The molecule has 0 aliphatic heterocycles. The van der Waals surface area contributed by atoms with Gasteiger partial charge in [0, 0.05) is 10.7 Å². The fourth-order valence-corrected chi connectivity index (χ4v) is 2.63. The van der Waals surface area contributed by atoms with Gasteiger partial charge in [-0.15, -0.1) is 0 Å². The molecule has 0 bridgehead atoms. The van der Waals surface area contributed by atoms with Gasteiger partial charge in [-0.2, -0.15) is 0 Å². The summed E-state index contributed by atoms with van der Waals surface area (Å²) in [7, 11) is 0. The monoisotopic (exact) mass is 281 g/mol. The molecule has 0 unspecified atom stereocenters. The number of carbonyl (C=O) groups excluding carboxylic acids is 1. The van der Waals surface area contributed by atoms with E-state index in [2.05, 4.69) is 5.32 Å². The highest BCUT2D eigenvalue weighted by molar-refractivity contribution is 6.30. The van der Waals surface area contributed by atoms with E-state index in [0.717, 1.165) is 12.8 Å². The quantitative estimate of drug-likeness (QED) is 0.894. The number of aliphatic carboxylic acids is 1. The van der Waals surface area contributed by atoms with Gasteiger partial charge < -0.3 is 10.4 Å². The van der Waals surface area contributed by atoms with Crippen LogP contribution in [-0.2, 0) is 9.59 Å². The molecule has 102 valence electrons. The van der Waals surface area contributed by atoms with E-state index in [9.17, 15) is 9.59 Å². The van der Waals surface area contributed by atoms with Crippen molar-refractivity contribution in [2.24, 2.45) is 11.8 Å². The first kappa shape index (κ1) is 13.9. The second kappa shape index (κ2) is 6.06. The molecular formula is C14H16ClNO3. The zero-order valence-electron chi connectivity index (χ0n) is 10.4. The van der Waals surface area contributed by atoms with Crippen LogP contribution in [0.15, 0.2) is 24.3 Å². The number of amides is 1. The number of rotatable bonds is 3. The summed E-state index contributed by atoms with van der Waals surface area (Å²) in [5.41, 5.74) is 0.643. The minimum absolute atomic E-state index is 0.213. The highest BCUT2D eigenvalue weighted by Gasteiger charge is 2.35. The van der Waals surface area contributed by atoms with Crippen LogP contribution in [0.1, 0.15) is 25.7 Å². The number of nitrogens with one attached hydrogen (secondary N) is 1. The molecule has 1 aliphatic rings. The highest BCUT2D eigenvalue weighted by Crippen LogP contribution is 2.31. The topological polar surface area (TPSA) is 66.4 Å². The number of anilines is 1. The molecule has 4 nitrogen and oxygen atoms in total. The first-order valence-corrected chi connectivity index (χ1v) is 6.75. The molecule has 0 heterocycles. The number of hydrogen-bond donors (Lipinski definition) is 2. The van der Waals surface area contributed by atoms with Crippen molar-refractivity contribution >= 4 is 29.2 Å². The van der Waals surface area contributed by atoms with E-state index >= 15 is 0 Å². The lowest BCUT2D eigenvalue weighted by Gasteiger charge is -2.27. The second-order valence-electron chi connectivity index (χ2n) is 4.83. The summed E-state index contributed by atoms with van der Waals surface area (Å²) in [5.74, 6) is -2.10. The number of carbonyl (C=O) groups is 2. The van der Waals surface area contributed by atoms with Crippen molar-refractivity contribution in [1.29, 1.82) is 0 Å². The number of hydrogen-bond acceptors (Lipinski definition) is 2. The van der Waals surface area contributed by atoms with E-state index in [0.29, 0.717) is 23.6 Å². The number of halogens is 1. The van der Waals surface area contributed by atoms with Crippen molar-refractivity contribution in [2.75, 3.05) is 5.32 Å². The lowest BCUT2D eigenvalue weighted by molar-refractivity contribution is -0.147. The molecule has 0 radical (unpaired) electrons. The average Bonchev–Trinajstić information content (AvgIpc) is 2.41. The van der Waals surface area contributed by atoms with Gasteiger partial charge in [0.1, 0.15) is 0 Å². The third-order valence-electron chi connectivity index (χ3n) is 3.53. The van der Waals surface area contributed by atoms with Crippen molar-refractivity contribution in [1.82, 2.24) is 0 Å². The summed E-state index contributed by atoms with van der Waals surface area (Å²) >= 11 is 5.77. The normalized spacial score (nSPS) is 22.8. The maximum absolute atomic E-state index is 12.2. The van der Waals surface area contributed by atoms with Crippen LogP contribution in [0.2, 0.25) is 5.02 Å². The summed E-state index contributed by atoms with van der Waals surface area (Å²) in [6.45, 7) is 0. The van der Waals surface area contributed by atoms with Crippen molar-refractivity contribution < 1.29 is 14.7 Å². The standard InChI is InChI=1S/C14H16ClNO3/c15-9-5-7-10(8-6-9)16-13(17)11-3-1-2-4-12(11)14(18)19/h5-8,11-12H,1-4H2,(H,16,17)(H,18,19)/t11-,12+/m1/s1. The summed E-state index contributed by atoms with van der Waals surface area (Å²) in [5, 5.41) is 12.5. The Labute approximate surface area is 116 Å².